The van der Waals surface area contributed by atoms with Crippen LogP contribution in [-0.4, -0.2) is 155 Å². The lowest BCUT2D eigenvalue weighted by Crippen LogP contribution is -2.56. The number of likely N-dealkylation sites (tertiary alicyclic amines) is 1. The summed E-state index contributed by atoms with van der Waals surface area (Å²) >= 11 is 1.55. The average Bonchev–Trinajstić information content (AvgIpc) is 0.804. The van der Waals surface area contributed by atoms with Gasteiger partial charge in [-0.15, -0.1) is 11.3 Å². The topological polar surface area (TPSA) is 183 Å². The number of halogens is 3. The first-order valence-corrected chi connectivity index (χ1v) is 33.2. The fraction of sp³-hybridized carbons (Fsp3) is 0.507. The highest BCUT2D eigenvalue weighted by Gasteiger charge is 2.49. The number of phenolic OH excluding ortho intramolecular Hbond substituents is 1. The Balaban J connectivity index is 0.688. The number of benzene rings is 3. The molecule has 0 unspecified atom stereocenters. The number of anilines is 3. The van der Waals surface area contributed by atoms with E-state index in [1.807, 2.05) is 43.6 Å². The summed E-state index contributed by atoms with van der Waals surface area (Å²) in [5.74, 6) is -0.751. The Bertz CT molecular complexity index is 4110. The Kier molecular flexibility index (Phi) is 14.5. The molecule has 3 N–H and O–H groups in total. The van der Waals surface area contributed by atoms with E-state index in [4.69, 9.17) is 59.3 Å². The quantitative estimate of drug-likeness (QED) is 0.0773. The van der Waals surface area contributed by atoms with Crippen LogP contribution in [0.2, 0.25) is 0 Å². The van der Waals surface area contributed by atoms with Crippen molar-refractivity contribution in [1.29, 1.82) is 0 Å². The Hall–Kier alpha value is -7.01. The van der Waals surface area contributed by atoms with Gasteiger partial charge in [0.25, 0.3) is 0 Å². The molecule has 6 aliphatic heterocycles. The van der Waals surface area contributed by atoms with Gasteiger partial charge in [-0.2, -0.15) is 19.9 Å². The minimum Gasteiger partial charge on any atom is -0.508 e. The first kappa shape index (κ1) is 58.1. The number of thiophene rings is 1. The number of hydrogen-bond donors (Lipinski definition) is 2. The van der Waals surface area contributed by atoms with Crippen molar-refractivity contribution in [3.63, 3.8) is 0 Å². The molecule has 0 radical (unpaired) electrons. The van der Waals surface area contributed by atoms with Crippen LogP contribution in [0.4, 0.5) is 30.5 Å². The maximum atomic E-state index is 18.0. The summed E-state index contributed by atoms with van der Waals surface area (Å²) in [5, 5.41) is 15.6. The lowest BCUT2D eigenvalue weighted by molar-refractivity contribution is -0.151. The summed E-state index contributed by atoms with van der Waals surface area (Å²) in [6.45, 7) is 12.2. The van der Waals surface area contributed by atoms with Crippen LogP contribution in [0.3, 0.4) is 0 Å². The first-order chi connectivity index (χ1) is 43.7. The minimum absolute atomic E-state index is 0.0309. The second-order valence-corrected chi connectivity index (χ2v) is 28.7. The normalized spacial score (nSPS) is 23.2. The highest BCUT2D eigenvalue weighted by Crippen LogP contribution is 2.51. The van der Waals surface area contributed by atoms with Gasteiger partial charge < -0.3 is 54.1 Å². The summed E-state index contributed by atoms with van der Waals surface area (Å²) in [5.41, 5.74) is 9.13. The molecule has 17 nitrogen and oxygen atoms in total. The van der Waals surface area contributed by atoms with Crippen molar-refractivity contribution in [2.75, 3.05) is 115 Å². The molecule has 0 amide bonds. The Labute approximate surface area is 525 Å². The summed E-state index contributed by atoms with van der Waals surface area (Å²) in [7, 11) is 1.98. The number of rotatable bonds is 18. The molecule has 3 spiro atoms. The van der Waals surface area contributed by atoms with Gasteiger partial charge in [0.1, 0.15) is 45.6 Å². The largest absolute Gasteiger partial charge is 0.508 e. The van der Waals surface area contributed by atoms with E-state index >= 15 is 13.2 Å². The number of nitrogen functional groups attached to an aromatic ring is 1. The fourth-order valence-corrected chi connectivity index (χ4v) is 16.2. The zero-order valence-electron chi connectivity index (χ0n) is 51.2. The van der Waals surface area contributed by atoms with Gasteiger partial charge in [0, 0.05) is 115 Å². The number of phenols is 1. The maximum Gasteiger partial charge on any atom is 0.319 e. The predicted octanol–water partition coefficient (Wildman–Crippen LogP) is 11.9. The SMILES string of the molecule is CCc1c(F)cc(CN(C)CC2(COc3nc(N4CCC[C@]5(CCO5)C4)c4cnc(-c5cc(N)ccc5-c5cccs5)c(F)c4n3)CC2)c2cc(O)cc(-c3ncc4c(N5CCC[C@]6(CCO6)C5)nc(OCC5(CN6CCC7(CC6)COC7)CC5)nc4c3F)c12. The van der Waals surface area contributed by atoms with Crippen LogP contribution in [0.25, 0.3) is 65.5 Å². The Morgan fingerprint density at radius 1 is 0.689 bits per heavy atom. The average molecular weight is 1240 g/mol. The standard InChI is InChI=1S/C69H76F3N11O6S/c1-3-45-52(70)27-42(33-80(2)34-65(12-13-65)40-86-63-76-59-50(61(78-63)82-20-5-10-68(36-82)18-24-88-68)31-74-57(55(59)71)48-28-43(73)8-9-46(48)53-7-4-26-90-53)47-29-44(84)30-49(54(45)47)58-56(72)60-51(32-75-58)62(83-21-6-11-69(37-83)19-25-89-69)79-64(77-60)87-41-66(14-15-66)35-81-22-16-67(17-23-81)38-85-39-67/h4,7-9,26-32,84H,3,5-6,10-25,33-41,73H2,1-2H3/t68-,69-/m0/s1. The second kappa shape index (κ2) is 22.4. The van der Waals surface area contributed by atoms with Gasteiger partial charge in [-0.3, -0.25) is 9.97 Å². The van der Waals surface area contributed by atoms with E-state index in [0.717, 1.165) is 120 Å². The van der Waals surface area contributed by atoms with E-state index in [2.05, 4.69) is 19.6 Å². The third kappa shape index (κ3) is 10.6. The van der Waals surface area contributed by atoms with Crippen LogP contribution in [0.15, 0.2) is 66.3 Å². The molecule has 8 fully saturated rings. The van der Waals surface area contributed by atoms with E-state index in [1.54, 1.807) is 35.9 Å². The second-order valence-electron chi connectivity index (χ2n) is 27.7. The molecule has 0 bridgehead atoms. The Morgan fingerprint density at radius 2 is 1.30 bits per heavy atom. The van der Waals surface area contributed by atoms with Crippen molar-refractivity contribution in [2.24, 2.45) is 16.2 Å². The number of nitrogens with zero attached hydrogens (tertiary/aromatic N) is 10. The number of fused-ring (bicyclic) bond motifs is 3. The van der Waals surface area contributed by atoms with Crippen molar-refractivity contribution in [3.8, 4) is 50.7 Å². The van der Waals surface area contributed by atoms with E-state index in [1.165, 1.54) is 12.1 Å². The third-order valence-electron chi connectivity index (χ3n) is 21.2. The van der Waals surface area contributed by atoms with Gasteiger partial charge in [0.05, 0.1) is 61.6 Å². The van der Waals surface area contributed by atoms with Crippen molar-refractivity contribution >= 4 is 61.2 Å². The first-order valence-electron chi connectivity index (χ1n) is 32.3. The van der Waals surface area contributed by atoms with Gasteiger partial charge >= 0.3 is 12.0 Å². The van der Waals surface area contributed by atoms with Crippen LogP contribution in [0, 0.1) is 33.7 Å². The molecule has 470 valence electrons. The van der Waals surface area contributed by atoms with Gasteiger partial charge in [0.15, 0.2) is 11.6 Å². The van der Waals surface area contributed by atoms with Crippen molar-refractivity contribution in [3.05, 3.63) is 94.9 Å². The van der Waals surface area contributed by atoms with Crippen molar-refractivity contribution in [2.45, 2.75) is 108 Å². The molecule has 5 aromatic heterocycles. The van der Waals surface area contributed by atoms with Crippen molar-refractivity contribution < 1.29 is 42.0 Å². The highest BCUT2D eigenvalue weighted by molar-refractivity contribution is 7.13. The number of aryl methyl sites for hydroxylation is 1. The van der Waals surface area contributed by atoms with Crippen LogP contribution >= 0.6 is 11.3 Å². The maximum absolute atomic E-state index is 18.0. The molecule has 11 heterocycles. The molecule has 8 aromatic rings. The van der Waals surface area contributed by atoms with Gasteiger partial charge in [-0.25, -0.2) is 13.2 Å². The third-order valence-corrected chi connectivity index (χ3v) is 22.1. The molecule has 21 heteroatoms. The lowest BCUT2D eigenvalue weighted by atomic mass is 9.76. The van der Waals surface area contributed by atoms with Crippen LogP contribution in [-0.2, 0) is 27.2 Å². The summed E-state index contributed by atoms with van der Waals surface area (Å²) < 4.78 is 83.5. The summed E-state index contributed by atoms with van der Waals surface area (Å²) in [6, 6.07) is 14.2. The molecule has 2 atom stereocenters. The number of hydrogen-bond acceptors (Lipinski definition) is 18. The number of piperidine rings is 3. The van der Waals surface area contributed by atoms with Gasteiger partial charge in [0.2, 0.25) is 0 Å². The molecule has 8 aliphatic rings. The Morgan fingerprint density at radius 3 is 1.84 bits per heavy atom. The molecule has 6 saturated heterocycles. The molecular formula is C69H76F3N11O6S. The number of aromatic nitrogens is 6. The highest BCUT2D eigenvalue weighted by atomic mass is 32.1. The molecule has 90 heavy (non-hydrogen) atoms. The lowest BCUT2D eigenvalue weighted by Gasteiger charge is -2.48. The van der Waals surface area contributed by atoms with Crippen LogP contribution in [0.1, 0.15) is 95.1 Å². The molecule has 16 rings (SSSR count). The van der Waals surface area contributed by atoms with Crippen molar-refractivity contribution in [1.82, 2.24) is 39.7 Å². The number of nitrogens with two attached hydrogens (primary N) is 1. The van der Waals surface area contributed by atoms with Gasteiger partial charge in [-0.05, 0) is 154 Å². The number of pyridine rings is 2. The zero-order chi connectivity index (χ0) is 61.2. The molecule has 3 aromatic carbocycles. The van der Waals surface area contributed by atoms with E-state index in [-0.39, 0.29) is 80.9 Å². The smallest absolute Gasteiger partial charge is 0.319 e. The number of ether oxygens (including phenoxy) is 5. The van der Waals surface area contributed by atoms with Gasteiger partial charge in [-0.1, -0.05) is 19.1 Å². The van der Waals surface area contributed by atoms with E-state index < -0.39 is 17.5 Å². The monoisotopic (exact) mass is 1240 g/mol. The summed E-state index contributed by atoms with van der Waals surface area (Å²) in [6.07, 6.45) is 15.2. The fourth-order valence-electron chi connectivity index (χ4n) is 15.5. The minimum atomic E-state index is -0.706. The molecular weight excluding hydrogens is 1170 g/mol. The molecule has 2 aliphatic carbocycles. The molecule has 2 saturated carbocycles. The van der Waals surface area contributed by atoms with E-state index in [0.29, 0.717) is 120 Å². The van der Waals surface area contributed by atoms with E-state index in [9.17, 15) is 5.11 Å². The predicted molar refractivity (Wildman–Crippen MR) is 341 cm³/mol. The van der Waals surface area contributed by atoms with Crippen LogP contribution < -0.4 is 25.0 Å². The zero-order valence-corrected chi connectivity index (χ0v) is 52.0. The van der Waals surface area contributed by atoms with Crippen LogP contribution in [0.5, 0.6) is 17.8 Å². The summed E-state index contributed by atoms with van der Waals surface area (Å²) in [4.78, 5) is 39.3. The number of aromatic hydroxyl groups is 1.